The van der Waals surface area contributed by atoms with Crippen LogP contribution in [-0.4, -0.2) is 18.4 Å². The second kappa shape index (κ2) is 5.89. The van der Waals surface area contributed by atoms with Crippen LogP contribution in [0.25, 0.3) is 0 Å². The van der Waals surface area contributed by atoms with E-state index in [-0.39, 0.29) is 12.2 Å². The summed E-state index contributed by atoms with van der Waals surface area (Å²) in [6.07, 6.45) is 6.16. The van der Waals surface area contributed by atoms with Gasteiger partial charge in [-0.1, -0.05) is 33.1 Å². The summed E-state index contributed by atoms with van der Waals surface area (Å²) in [4.78, 5) is 10.9. The standard InChI is InChI=1S/C11H20O3/c1-3-5-6-7-8-10-9(4-2)13-11(12)14-10/h9-10H,3-8H2,1-2H3. The fourth-order valence-corrected chi connectivity index (χ4v) is 1.79. The fraction of sp³-hybridized carbons (Fsp3) is 0.909. The van der Waals surface area contributed by atoms with Gasteiger partial charge in [0.2, 0.25) is 0 Å². The molecule has 0 aromatic heterocycles. The van der Waals surface area contributed by atoms with Gasteiger partial charge >= 0.3 is 6.16 Å². The molecule has 0 spiro atoms. The largest absolute Gasteiger partial charge is 0.509 e. The van der Waals surface area contributed by atoms with Gasteiger partial charge in [-0.3, -0.25) is 0 Å². The molecule has 1 rings (SSSR count). The first-order valence-corrected chi connectivity index (χ1v) is 5.65. The van der Waals surface area contributed by atoms with Crippen molar-refractivity contribution < 1.29 is 14.3 Å². The van der Waals surface area contributed by atoms with E-state index in [0.29, 0.717) is 0 Å². The predicted molar refractivity (Wildman–Crippen MR) is 54.2 cm³/mol. The number of hydrogen-bond donors (Lipinski definition) is 0. The van der Waals surface area contributed by atoms with Gasteiger partial charge in [-0.05, 0) is 19.3 Å². The molecular formula is C11H20O3. The molecule has 0 aromatic rings. The number of carbonyl (C=O) groups is 1. The van der Waals surface area contributed by atoms with Crippen LogP contribution in [0.1, 0.15) is 52.4 Å². The lowest BCUT2D eigenvalue weighted by Crippen LogP contribution is -2.21. The average molecular weight is 200 g/mol. The van der Waals surface area contributed by atoms with E-state index in [1.165, 1.54) is 19.3 Å². The normalized spacial score (nSPS) is 26.0. The van der Waals surface area contributed by atoms with Crippen molar-refractivity contribution in [1.82, 2.24) is 0 Å². The molecule has 2 atom stereocenters. The summed E-state index contributed by atoms with van der Waals surface area (Å²) in [6.45, 7) is 4.21. The Hall–Kier alpha value is -0.730. The minimum atomic E-state index is -0.489. The Morgan fingerprint density at radius 2 is 1.79 bits per heavy atom. The van der Waals surface area contributed by atoms with Crippen molar-refractivity contribution in [2.24, 2.45) is 0 Å². The number of cyclic esters (lactones) is 2. The molecule has 3 heteroatoms. The van der Waals surface area contributed by atoms with E-state index in [1.807, 2.05) is 6.92 Å². The highest BCUT2D eigenvalue weighted by Gasteiger charge is 2.34. The molecule has 0 N–H and O–H groups in total. The molecule has 1 aliphatic rings. The molecule has 0 bridgehead atoms. The number of ether oxygens (including phenoxy) is 2. The highest BCUT2D eigenvalue weighted by atomic mass is 16.8. The Kier molecular flexibility index (Phi) is 4.77. The Morgan fingerprint density at radius 1 is 1.07 bits per heavy atom. The van der Waals surface area contributed by atoms with Crippen LogP contribution in [0.15, 0.2) is 0 Å². The van der Waals surface area contributed by atoms with Crippen LogP contribution in [0.3, 0.4) is 0 Å². The molecule has 2 unspecified atom stereocenters. The van der Waals surface area contributed by atoms with Crippen LogP contribution < -0.4 is 0 Å². The van der Waals surface area contributed by atoms with Crippen molar-refractivity contribution in [2.75, 3.05) is 0 Å². The predicted octanol–water partition coefficient (Wildman–Crippen LogP) is 3.27. The van der Waals surface area contributed by atoms with Gasteiger partial charge in [0.15, 0.2) is 0 Å². The smallest absolute Gasteiger partial charge is 0.427 e. The van der Waals surface area contributed by atoms with Crippen LogP contribution in [0.2, 0.25) is 0 Å². The summed E-state index contributed by atoms with van der Waals surface area (Å²) in [6, 6.07) is 0. The average Bonchev–Trinajstić information content (AvgIpc) is 2.54. The van der Waals surface area contributed by atoms with Gasteiger partial charge in [0, 0.05) is 0 Å². The molecule has 0 saturated carbocycles. The number of hydrogen-bond acceptors (Lipinski definition) is 3. The first-order chi connectivity index (χ1) is 6.77. The molecule has 3 nitrogen and oxygen atoms in total. The summed E-state index contributed by atoms with van der Waals surface area (Å²) >= 11 is 0. The van der Waals surface area contributed by atoms with E-state index in [9.17, 15) is 4.79 Å². The number of carbonyl (C=O) groups excluding carboxylic acids is 1. The lowest BCUT2D eigenvalue weighted by Gasteiger charge is -2.12. The SMILES string of the molecule is CCCCCCC1OC(=O)OC1CC. The van der Waals surface area contributed by atoms with Crippen LogP contribution in [0.5, 0.6) is 0 Å². The molecular weight excluding hydrogens is 180 g/mol. The Morgan fingerprint density at radius 3 is 2.43 bits per heavy atom. The van der Waals surface area contributed by atoms with E-state index >= 15 is 0 Å². The summed E-state index contributed by atoms with van der Waals surface area (Å²) in [7, 11) is 0. The third-order valence-electron chi connectivity index (χ3n) is 2.65. The maximum atomic E-state index is 10.9. The molecule has 1 aliphatic heterocycles. The van der Waals surface area contributed by atoms with Crippen molar-refractivity contribution in [3.05, 3.63) is 0 Å². The molecule has 14 heavy (non-hydrogen) atoms. The zero-order chi connectivity index (χ0) is 10.4. The Bertz CT molecular complexity index is 179. The fourth-order valence-electron chi connectivity index (χ4n) is 1.79. The first kappa shape index (κ1) is 11.3. The second-order valence-corrected chi connectivity index (χ2v) is 3.82. The highest BCUT2D eigenvalue weighted by Crippen LogP contribution is 2.22. The zero-order valence-electron chi connectivity index (χ0n) is 9.12. The lowest BCUT2D eigenvalue weighted by molar-refractivity contribution is 0.114. The minimum Gasteiger partial charge on any atom is -0.427 e. The van der Waals surface area contributed by atoms with Crippen molar-refractivity contribution in [2.45, 2.75) is 64.6 Å². The van der Waals surface area contributed by atoms with Gasteiger partial charge in [0.25, 0.3) is 0 Å². The maximum absolute atomic E-state index is 10.9. The van der Waals surface area contributed by atoms with Crippen LogP contribution in [0, 0.1) is 0 Å². The summed E-state index contributed by atoms with van der Waals surface area (Å²) < 4.78 is 10.1. The van der Waals surface area contributed by atoms with Crippen molar-refractivity contribution in [1.29, 1.82) is 0 Å². The lowest BCUT2D eigenvalue weighted by atomic mass is 10.0. The van der Waals surface area contributed by atoms with Crippen molar-refractivity contribution in [3.8, 4) is 0 Å². The molecule has 0 aromatic carbocycles. The highest BCUT2D eigenvalue weighted by molar-refractivity contribution is 5.62. The van der Waals surface area contributed by atoms with E-state index < -0.39 is 6.16 Å². The van der Waals surface area contributed by atoms with Crippen LogP contribution >= 0.6 is 0 Å². The number of rotatable bonds is 6. The summed E-state index contributed by atoms with van der Waals surface area (Å²) in [5.74, 6) is 0. The molecule has 0 amide bonds. The maximum Gasteiger partial charge on any atom is 0.509 e. The third kappa shape index (κ3) is 3.20. The Labute approximate surface area is 85.8 Å². The number of unbranched alkanes of at least 4 members (excludes halogenated alkanes) is 3. The van der Waals surface area contributed by atoms with Gasteiger partial charge in [-0.15, -0.1) is 0 Å². The van der Waals surface area contributed by atoms with Gasteiger partial charge in [0.05, 0.1) is 0 Å². The topological polar surface area (TPSA) is 35.5 Å². The summed E-state index contributed by atoms with van der Waals surface area (Å²) in [5, 5.41) is 0. The van der Waals surface area contributed by atoms with Crippen molar-refractivity contribution in [3.63, 3.8) is 0 Å². The van der Waals surface area contributed by atoms with Crippen LogP contribution in [-0.2, 0) is 9.47 Å². The molecule has 1 saturated heterocycles. The molecule has 1 fully saturated rings. The van der Waals surface area contributed by atoms with Gasteiger partial charge in [0.1, 0.15) is 12.2 Å². The van der Waals surface area contributed by atoms with Gasteiger partial charge < -0.3 is 9.47 Å². The molecule has 0 aliphatic carbocycles. The molecule has 0 radical (unpaired) electrons. The van der Waals surface area contributed by atoms with E-state index in [0.717, 1.165) is 19.3 Å². The first-order valence-electron chi connectivity index (χ1n) is 5.65. The van der Waals surface area contributed by atoms with Crippen molar-refractivity contribution >= 4 is 6.16 Å². The van der Waals surface area contributed by atoms with E-state index in [2.05, 4.69) is 6.92 Å². The van der Waals surface area contributed by atoms with E-state index in [1.54, 1.807) is 0 Å². The monoisotopic (exact) mass is 200 g/mol. The van der Waals surface area contributed by atoms with Gasteiger partial charge in [-0.25, -0.2) is 4.79 Å². The minimum absolute atomic E-state index is 0.00403. The van der Waals surface area contributed by atoms with E-state index in [4.69, 9.17) is 9.47 Å². The zero-order valence-corrected chi connectivity index (χ0v) is 9.12. The molecule has 1 heterocycles. The quantitative estimate of drug-likeness (QED) is 0.487. The second-order valence-electron chi connectivity index (χ2n) is 3.82. The van der Waals surface area contributed by atoms with Gasteiger partial charge in [-0.2, -0.15) is 0 Å². The Balaban J connectivity index is 2.19. The third-order valence-corrected chi connectivity index (χ3v) is 2.65. The molecule has 82 valence electrons. The summed E-state index contributed by atoms with van der Waals surface area (Å²) in [5.41, 5.74) is 0. The van der Waals surface area contributed by atoms with Crippen LogP contribution in [0.4, 0.5) is 4.79 Å².